The van der Waals surface area contributed by atoms with Gasteiger partial charge >= 0.3 is 5.97 Å². The van der Waals surface area contributed by atoms with Crippen molar-refractivity contribution in [2.45, 2.75) is 25.9 Å². The van der Waals surface area contributed by atoms with Crippen molar-refractivity contribution in [1.82, 2.24) is 0 Å². The van der Waals surface area contributed by atoms with Gasteiger partial charge in [-0.2, -0.15) is 0 Å². The largest absolute Gasteiger partial charge is 0.462 e. The van der Waals surface area contributed by atoms with Gasteiger partial charge < -0.3 is 15.0 Å². The fourth-order valence-corrected chi connectivity index (χ4v) is 5.47. The van der Waals surface area contributed by atoms with Crippen LogP contribution in [0.1, 0.15) is 28.8 Å². The number of aryl methyl sites for hydroxylation is 1. The van der Waals surface area contributed by atoms with E-state index in [0.29, 0.717) is 11.3 Å². The smallest absolute Gasteiger partial charge is 0.310 e. The zero-order valence-corrected chi connectivity index (χ0v) is 17.0. The number of ether oxygens (including phenoxy) is 1. The van der Waals surface area contributed by atoms with Gasteiger partial charge in [-0.05, 0) is 61.6 Å². The van der Waals surface area contributed by atoms with E-state index < -0.39 is 0 Å². The van der Waals surface area contributed by atoms with Gasteiger partial charge in [0.15, 0.2) is 0 Å². The van der Waals surface area contributed by atoms with Gasteiger partial charge in [-0.3, -0.25) is 14.4 Å². The molecule has 3 aliphatic rings. The number of anilines is 2. The molecule has 1 saturated heterocycles. The maximum Gasteiger partial charge on any atom is 0.310 e. The molecule has 0 aromatic heterocycles. The van der Waals surface area contributed by atoms with Gasteiger partial charge in [0.1, 0.15) is 6.10 Å². The zero-order valence-electron chi connectivity index (χ0n) is 17.0. The molecule has 0 spiro atoms. The highest BCUT2D eigenvalue weighted by molar-refractivity contribution is 6.07. The average molecular weight is 404 g/mol. The van der Waals surface area contributed by atoms with E-state index in [1.165, 1.54) is 0 Å². The minimum absolute atomic E-state index is 0.00894. The highest BCUT2D eigenvalue weighted by Gasteiger charge is 2.63. The third-order valence-electron chi connectivity index (χ3n) is 6.86. The molecule has 1 heterocycles. The van der Waals surface area contributed by atoms with Crippen molar-refractivity contribution in [2.24, 2.45) is 23.7 Å². The number of carbonyl (C=O) groups is 3. The van der Waals surface area contributed by atoms with Gasteiger partial charge in [0.2, 0.25) is 5.91 Å². The lowest BCUT2D eigenvalue weighted by Gasteiger charge is -2.23. The van der Waals surface area contributed by atoms with Gasteiger partial charge in [-0.1, -0.05) is 18.2 Å². The molecule has 1 aliphatic heterocycles. The van der Waals surface area contributed by atoms with Crippen molar-refractivity contribution in [2.75, 3.05) is 17.3 Å². The van der Waals surface area contributed by atoms with Crippen molar-refractivity contribution in [3.05, 3.63) is 59.7 Å². The summed E-state index contributed by atoms with van der Waals surface area (Å²) in [7, 11) is 1.74. The quantitative estimate of drug-likeness (QED) is 0.793. The summed E-state index contributed by atoms with van der Waals surface area (Å²) in [6, 6.07) is 14.7. The lowest BCUT2D eigenvalue weighted by molar-refractivity contribution is -0.145. The SMILES string of the molecule is Cc1cccc(N(C)C(=O)c2cccc(NC(=O)[C@H]3[C@@H]4C[C@@H]5[C@H]3C(=O)O[C@@H]5C4)c2)c1. The Kier molecular flexibility index (Phi) is 4.38. The van der Waals surface area contributed by atoms with Crippen LogP contribution >= 0.6 is 0 Å². The Balaban J connectivity index is 1.32. The highest BCUT2D eigenvalue weighted by Crippen LogP contribution is 2.57. The molecule has 2 bridgehead atoms. The predicted octanol–water partition coefficient (Wildman–Crippen LogP) is 3.41. The highest BCUT2D eigenvalue weighted by atomic mass is 16.6. The number of carbonyl (C=O) groups excluding carboxylic acids is 3. The van der Waals surface area contributed by atoms with Crippen LogP contribution in [0.4, 0.5) is 11.4 Å². The first kappa shape index (κ1) is 18.9. The first-order chi connectivity index (χ1) is 14.4. The monoisotopic (exact) mass is 404 g/mol. The van der Waals surface area contributed by atoms with Crippen molar-refractivity contribution < 1.29 is 19.1 Å². The Morgan fingerprint density at radius 3 is 2.70 bits per heavy atom. The van der Waals surface area contributed by atoms with Crippen molar-refractivity contribution in [1.29, 1.82) is 0 Å². The number of nitrogens with zero attached hydrogens (tertiary/aromatic N) is 1. The first-order valence-corrected chi connectivity index (χ1v) is 10.4. The third-order valence-corrected chi connectivity index (χ3v) is 6.86. The maximum atomic E-state index is 13.0. The Hall–Kier alpha value is -3.15. The van der Waals surface area contributed by atoms with Crippen LogP contribution in [0.25, 0.3) is 0 Å². The fourth-order valence-electron chi connectivity index (χ4n) is 5.47. The van der Waals surface area contributed by atoms with Crippen LogP contribution in [-0.2, 0) is 14.3 Å². The zero-order chi connectivity index (χ0) is 21.0. The Morgan fingerprint density at radius 2 is 1.90 bits per heavy atom. The van der Waals surface area contributed by atoms with Crippen LogP contribution in [0.2, 0.25) is 0 Å². The van der Waals surface area contributed by atoms with Gasteiger partial charge in [0.25, 0.3) is 5.91 Å². The molecule has 2 saturated carbocycles. The number of hydrogen-bond acceptors (Lipinski definition) is 4. The number of rotatable bonds is 4. The van der Waals surface area contributed by atoms with Gasteiger partial charge in [0.05, 0.1) is 11.8 Å². The van der Waals surface area contributed by atoms with Crippen LogP contribution in [-0.4, -0.2) is 30.9 Å². The number of esters is 1. The Morgan fingerprint density at radius 1 is 1.10 bits per heavy atom. The molecule has 2 amide bonds. The second-order valence-electron chi connectivity index (χ2n) is 8.70. The number of amides is 2. The second kappa shape index (κ2) is 6.97. The summed E-state index contributed by atoms with van der Waals surface area (Å²) in [5.41, 5.74) is 2.94. The molecule has 0 unspecified atom stereocenters. The normalized spacial score (nSPS) is 28.3. The summed E-state index contributed by atoms with van der Waals surface area (Å²) in [5.74, 6) is -0.793. The molecule has 5 rings (SSSR count). The van der Waals surface area contributed by atoms with Crippen LogP contribution in [0.5, 0.6) is 0 Å². The number of hydrogen-bond donors (Lipinski definition) is 1. The van der Waals surface area contributed by atoms with Crippen molar-refractivity contribution >= 4 is 29.2 Å². The first-order valence-electron chi connectivity index (χ1n) is 10.4. The number of benzene rings is 2. The molecule has 154 valence electrons. The van der Waals surface area contributed by atoms with E-state index in [1.807, 2.05) is 31.2 Å². The molecule has 2 aromatic carbocycles. The van der Waals surface area contributed by atoms with Crippen LogP contribution in [0, 0.1) is 30.6 Å². The molecule has 2 aliphatic carbocycles. The van der Waals surface area contributed by atoms with Gasteiger partial charge in [-0.15, -0.1) is 0 Å². The van der Waals surface area contributed by atoms with Crippen LogP contribution in [0.15, 0.2) is 48.5 Å². The summed E-state index contributed by atoms with van der Waals surface area (Å²) in [4.78, 5) is 39.7. The molecule has 6 nitrogen and oxygen atoms in total. The van der Waals surface area contributed by atoms with E-state index in [-0.39, 0.29) is 47.6 Å². The minimum atomic E-state index is -0.337. The fraction of sp³-hybridized carbons (Fsp3) is 0.375. The molecular weight excluding hydrogens is 380 g/mol. The van der Waals surface area contributed by atoms with Crippen LogP contribution < -0.4 is 10.2 Å². The second-order valence-corrected chi connectivity index (χ2v) is 8.70. The molecular formula is C24H24N2O4. The van der Waals surface area contributed by atoms with E-state index in [1.54, 1.807) is 36.2 Å². The molecule has 3 fully saturated rings. The predicted molar refractivity (Wildman–Crippen MR) is 112 cm³/mol. The van der Waals surface area contributed by atoms with E-state index >= 15 is 0 Å². The summed E-state index contributed by atoms with van der Waals surface area (Å²) in [6.07, 6.45) is 1.68. The van der Waals surface area contributed by atoms with E-state index in [2.05, 4.69) is 5.32 Å². The summed E-state index contributed by atoms with van der Waals surface area (Å²) >= 11 is 0. The van der Waals surface area contributed by atoms with E-state index in [4.69, 9.17) is 4.74 Å². The summed E-state index contributed by atoms with van der Waals surface area (Å²) < 4.78 is 5.43. The third kappa shape index (κ3) is 2.98. The summed E-state index contributed by atoms with van der Waals surface area (Å²) in [5, 5.41) is 2.94. The molecule has 6 heteroatoms. The number of nitrogens with one attached hydrogen (secondary N) is 1. The lowest BCUT2D eigenvalue weighted by atomic mass is 9.79. The average Bonchev–Trinajstić information content (AvgIpc) is 3.35. The van der Waals surface area contributed by atoms with Crippen molar-refractivity contribution in [3.8, 4) is 0 Å². The molecule has 1 N–H and O–H groups in total. The maximum absolute atomic E-state index is 13.0. The van der Waals surface area contributed by atoms with Crippen LogP contribution in [0.3, 0.4) is 0 Å². The van der Waals surface area contributed by atoms with Gasteiger partial charge in [0, 0.05) is 29.9 Å². The van der Waals surface area contributed by atoms with Crippen molar-refractivity contribution in [3.63, 3.8) is 0 Å². The number of fused-ring (bicyclic) bond motifs is 1. The lowest BCUT2D eigenvalue weighted by Crippen LogP contribution is -2.35. The molecule has 0 radical (unpaired) electrons. The standard InChI is InChI=1S/C24H24N2O4/c1-13-5-3-8-17(9-13)26(2)23(28)14-6-4-7-16(10-14)25-22(27)20-15-11-18-19(12-15)30-24(29)21(18)20/h3-10,15,18-21H,11-12H2,1-2H3,(H,25,27)/t15-,18+,19-,20+,21-/m1/s1. The Labute approximate surface area is 175 Å². The minimum Gasteiger partial charge on any atom is -0.462 e. The van der Waals surface area contributed by atoms with E-state index in [0.717, 1.165) is 24.1 Å². The topological polar surface area (TPSA) is 75.7 Å². The summed E-state index contributed by atoms with van der Waals surface area (Å²) in [6.45, 7) is 1.98. The molecule has 30 heavy (non-hydrogen) atoms. The molecule has 5 atom stereocenters. The van der Waals surface area contributed by atoms with Gasteiger partial charge in [-0.25, -0.2) is 0 Å². The molecule has 2 aromatic rings. The van der Waals surface area contributed by atoms with E-state index in [9.17, 15) is 14.4 Å². The Bertz CT molecular complexity index is 1050.